The number of aliphatic hydroxyl groups is 1. The molecule has 0 atom stereocenters. The molecule has 0 saturated heterocycles. The summed E-state index contributed by atoms with van der Waals surface area (Å²) in [7, 11) is 0. The number of carbonyl (C=O) groups excluding carboxylic acids is 1. The van der Waals surface area contributed by atoms with Gasteiger partial charge in [0, 0.05) is 17.8 Å². The molecular formula is C16H25NO2S. The van der Waals surface area contributed by atoms with Gasteiger partial charge in [-0.3, -0.25) is 4.79 Å². The van der Waals surface area contributed by atoms with Crippen LogP contribution >= 0.6 is 11.8 Å². The van der Waals surface area contributed by atoms with Gasteiger partial charge in [-0.25, -0.2) is 0 Å². The van der Waals surface area contributed by atoms with Crippen LogP contribution in [0, 0.1) is 0 Å². The SMILES string of the molecule is CC(C)N(C(=O)CSCc1ccc(CO)cc1)C(C)C. The zero-order chi connectivity index (χ0) is 15.1. The van der Waals surface area contributed by atoms with Gasteiger partial charge in [-0.1, -0.05) is 24.3 Å². The Morgan fingerprint density at radius 2 is 1.60 bits per heavy atom. The molecule has 4 heteroatoms. The number of hydrogen-bond donors (Lipinski definition) is 1. The van der Waals surface area contributed by atoms with E-state index >= 15 is 0 Å². The van der Waals surface area contributed by atoms with Crippen LogP contribution < -0.4 is 0 Å². The molecule has 20 heavy (non-hydrogen) atoms. The monoisotopic (exact) mass is 295 g/mol. The van der Waals surface area contributed by atoms with Crippen molar-refractivity contribution in [1.82, 2.24) is 4.90 Å². The Balaban J connectivity index is 2.44. The summed E-state index contributed by atoms with van der Waals surface area (Å²) in [6.07, 6.45) is 0. The molecule has 112 valence electrons. The van der Waals surface area contributed by atoms with Crippen molar-refractivity contribution in [1.29, 1.82) is 0 Å². The average molecular weight is 295 g/mol. The summed E-state index contributed by atoms with van der Waals surface area (Å²) >= 11 is 1.64. The van der Waals surface area contributed by atoms with Gasteiger partial charge in [0.2, 0.25) is 5.91 Å². The van der Waals surface area contributed by atoms with Crippen molar-refractivity contribution in [3.8, 4) is 0 Å². The molecule has 0 aromatic heterocycles. The zero-order valence-corrected chi connectivity index (χ0v) is 13.6. The first-order valence-electron chi connectivity index (χ1n) is 7.03. The molecule has 0 saturated carbocycles. The Morgan fingerprint density at radius 3 is 2.05 bits per heavy atom. The second kappa shape index (κ2) is 8.32. The predicted octanol–water partition coefficient (Wildman–Crippen LogP) is 3.06. The number of carbonyl (C=O) groups is 1. The van der Waals surface area contributed by atoms with E-state index in [9.17, 15) is 4.79 Å². The highest BCUT2D eigenvalue weighted by molar-refractivity contribution is 7.99. The normalized spacial score (nSPS) is 11.2. The van der Waals surface area contributed by atoms with Crippen molar-refractivity contribution in [3.05, 3.63) is 35.4 Å². The molecular weight excluding hydrogens is 270 g/mol. The first-order chi connectivity index (χ1) is 9.45. The lowest BCUT2D eigenvalue weighted by atomic mass is 10.2. The van der Waals surface area contributed by atoms with Crippen LogP contribution in [0.5, 0.6) is 0 Å². The second-order valence-corrected chi connectivity index (χ2v) is 6.44. The van der Waals surface area contributed by atoms with E-state index in [0.717, 1.165) is 11.3 Å². The van der Waals surface area contributed by atoms with E-state index in [1.54, 1.807) is 11.8 Å². The fourth-order valence-corrected chi connectivity index (χ4v) is 3.10. The predicted molar refractivity (Wildman–Crippen MR) is 85.6 cm³/mol. The van der Waals surface area contributed by atoms with Crippen LogP contribution in [0.2, 0.25) is 0 Å². The fraction of sp³-hybridized carbons (Fsp3) is 0.562. The van der Waals surface area contributed by atoms with Gasteiger partial charge in [-0.15, -0.1) is 11.8 Å². The van der Waals surface area contributed by atoms with Crippen molar-refractivity contribution < 1.29 is 9.90 Å². The third-order valence-corrected chi connectivity index (χ3v) is 4.09. The molecule has 1 rings (SSSR count). The van der Waals surface area contributed by atoms with Crippen molar-refractivity contribution in [2.75, 3.05) is 5.75 Å². The zero-order valence-electron chi connectivity index (χ0n) is 12.8. The maximum Gasteiger partial charge on any atom is 0.233 e. The number of aliphatic hydroxyl groups excluding tert-OH is 1. The van der Waals surface area contributed by atoms with Gasteiger partial charge in [-0.2, -0.15) is 0 Å². The van der Waals surface area contributed by atoms with E-state index in [-0.39, 0.29) is 24.6 Å². The Hall–Kier alpha value is -1.00. The highest BCUT2D eigenvalue weighted by Gasteiger charge is 2.19. The highest BCUT2D eigenvalue weighted by Crippen LogP contribution is 2.15. The van der Waals surface area contributed by atoms with E-state index < -0.39 is 0 Å². The van der Waals surface area contributed by atoms with Crippen LogP contribution in [0.4, 0.5) is 0 Å². The van der Waals surface area contributed by atoms with Gasteiger partial charge in [0.25, 0.3) is 0 Å². The Bertz CT molecular complexity index is 407. The minimum atomic E-state index is 0.0731. The molecule has 0 spiro atoms. The number of thioether (sulfide) groups is 1. The molecule has 0 radical (unpaired) electrons. The molecule has 0 heterocycles. The number of rotatable bonds is 7. The molecule has 1 aromatic carbocycles. The molecule has 3 nitrogen and oxygen atoms in total. The van der Waals surface area contributed by atoms with Gasteiger partial charge in [0.15, 0.2) is 0 Å². The topological polar surface area (TPSA) is 40.5 Å². The van der Waals surface area contributed by atoms with Crippen molar-refractivity contribution in [2.24, 2.45) is 0 Å². The molecule has 0 unspecified atom stereocenters. The summed E-state index contributed by atoms with van der Waals surface area (Å²) in [5.74, 6) is 1.53. The minimum absolute atomic E-state index is 0.0731. The number of amides is 1. The van der Waals surface area contributed by atoms with Crippen molar-refractivity contribution in [2.45, 2.75) is 52.1 Å². The molecule has 1 N–H and O–H groups in total. The third kappa shape index (κ3) is 5.17. The van der Waals surface area contributed by atoms with E-state index in [0.29, 0.717) is 5.75 Å². The van der Waals surface area contributed by atoms with E-state index in [2.05, 4.69) is 27.7 Å². The first-order valence-corrected chi connectivity index (χ1v) is 8.18. The van der Waals surface area contributed by atoms with Crippen LogP contribution in [-0.4, -0.2) is 33.8 Å². The maximum atomic E-state index is 12.2. The second-order valence-electron chi connectivity index (χ2n) is 5.46. The van der Waals surface area contributed by atoms with Crippen molar-refractivity contribution >= 4 is 17.7 Å². The fourth-order valence-electron chi connectivity index (χ4n) is 2.24. The van der Waals surface area contributed by atoms with Gasteiger partial charge >= 0.3 is 0 Å². The van der Waals surface area contributed by atoms with Gasteiger partial charge in [0.05, 0.1) is 12.4 Å². The van der Waals surface area contributed by atoms with Crippen LogP contribution in [0.3, 0.4) is 0 Å². The summed E-state index contributed by atoms with van der Waals surface area (Å²) in [6.45, 7) is 8.28. The van der Waals surface area contributed by atoms with E-state index in [1.807, 2.05) is 29.2 Å². The molecule has 1 aromatic rings. The molecule has 0 aliphatic carbocycles. The molecule has 0 aliphatic rings. The summed E-state index contributed by atoms with van der Waals surface area (Å²) in [5.41, 5.74) is 2.10. The Kier molecular flexibility index (Phi) is 7.10. The van der Waals surface area contributed by atoms with Gasteiger partial charge in [-0.05, 0) is 38.8 Å². The van der Waals surface area contributed by atoms with E-state index in [4.69, 9.17) is 5.11 Å². The molecule has 0 fully saturated rings. The van der Waals surface area contributed by atoms with Gasteiger partial charge < -0.3 is 10.0 Å². The standard InChI is InChI=1S/C16H25NO2S/c1-12(2)17(13(3)4)16(19)11-20-10-15-7-5-14(9-18)6-8-15/h5-8,12-13,18H,9-11H2,1-4H3. The molecule has 0 bridgehead atoms. The lowest BCUT2D eigenvalue weighted by Gasteiger charge is -2.30. The van der Waals surface area contributed by atoms with Gasteiger partial charge in [0.1, 0.15) is 0 Å². The summed E-state index contributed by atoms with van der Waals surface area (Å²) in [4.78, 5) is 14.1. The highest BCUT2D eigenvalue weighted by atomic mass is 32.2. The van der Waals surface area contributed by atoms with Crippen LogP contribution in [0.1, 0.15) is 38.8 Å². The lowest BCUT2D eigenvalue weighted by Crippen LogP contribution is -2.43. The molecule has 0 aliphatic heterocycles. The smallest absolute Gasteiger partial charge is 0.233 e. The first kappa shape index (κ1) is 17.1. The molecule has 1 amide bonds. The maximum absolute atomic E-state index is 12.2. The summed E-state index contributed by atoms with van der Waals surface area (Å²) in [5, 5.41) is 8.99. The third-order valence-electron chi connectivity index (χ3n) is 3.10. The number of hydrogen-bond acceptors (Lipinski definition) is 3. The van der Waals surface area contributed by atoms with Crippen LogP contribution in [0.25, 0.3) is 0 Å². The Morgan fingerprint density at radius 1 is 1.10 bits per heavy atom. The quantitative estimate of drug-likeness (QED) is 0.840. The Labute approximate surface area is 126 Å². The summed E-state index contributed by atoms with van der Waals surface area (Å²) < 4.78 is 0. The van der Waals surface area contributed by atoms with Crippen LogP contribution in [0.15, 0.2) is 24.3 Å². The number of nitrogens with zero attached hydrogens (tertiary/aromatic N) is 1. The summed E-state index contributed by atoms with van der Waals surface area (Å²) in [6, 6.07) is 8.34. The van der Waals surface area contributed by atoms with E-state index in [1.165, 1.54) is 5.56 Å². The average Bonchev–Trinajstić information content (AvgIpc) is 2.38. The largest absolute Gasteiger partial charge is 0.392 e. The number of benzene rings is 1. The van der Waals surface area contributed by atoms with Crippen molar-refractivity contribution in [3.63, 3.8) is 0 Å². The minimum Gasteiger partial charge on any atom is -0.392 e. The van der Waals surface area contributed by atoms with Crippen LogP contribution in [-0.2, 0) is 17.2 Å². The lowest BCUT2D eigenvalue weighted by molar-refractivity contribution is -0.131.